The van der Waals surface area contributed by atoms with Crippen molar-refractivity contribution >= 4 is 22.7 Å². The Morgan fingerprint density at radius 1 is 1.45 bits per heavy atom. The summed E-state index contributed by atoms with van der Waals surface area (Å²) in [5.74, 6) is 1.04. The number of benzene rings is 1. The molecule has 4 nitrogen and oxygen atoms in total. The molecule has 0 bridgehead atoms. The van der Waals surface area contributed by atoms with Crippen LogP contribution in [0.3, 0.4) is 0 Å². The van der Waals surface area contributed by atoms with E-state index in [-0.39, 0.29) is 11.0 Å². The van der Waals surface area contributed by atoms with E-state index in [1.54, 1.807) is 18.9 Å². The average molecular weight is 290 g/mol. The van der Waals surface area contributed by atoms with Gasteiger partial charge in [0.25, 0.3) is 0 Å². The van der Waals surface area contributed by atoms with Crippen LogP contribution in [0.5, 0.6) is 5.75 Å². The molecule has 20 heavy (non-hydrogen) atoms. The van der Waals surface area contributed by atoms with Crippen LogP contribution in [0.15, 0.2) is 23.2 Å². The number of ether oxygens (including phenoxy) is 1. The third kappa shape index (κ3) is 2.68. The minimum atomic E-state index is -0.0137. The van der Waals surface area contributed by atoms with E-state index in [2.05, 4.69) is 10.3 Å². The Bertz CT molecular complexity index is 557. The molecule has 1 aromatic carbocycles. The summed E-state index contributed by atoms with van der Waals surface area (Å²) in [5.41, 5.74) is 1.94. The lowest BCUT2D eigenvalue weighted by molar-refractivity contribution is 0.0979. The van der Waals surface area contributed by atoms with Gasteiger partial charge in [0.1, 0.15) is 5.75 Å². The van der Waals surface area contributed by atoms with Crippen molar-refractivity contribution in [3.8, 4) is 5.75 Å². The first-order valence-corrected chi connectivity index (χ1v) is 7.82. The maximum absolute atomic E-state index is 12.5. The normalized spacial score (nSPS) is 21.8. The van der Waals surface area contributed by atoms with Gasteiger partial charge in [-0.05, 0) is 43.0 Å². The van der Waals surface area contributed by atoms with Gasteiger partial charge in [-0.1, -0.05) is 11.8 Å². The monoisotopic (exact) mass is 290 g/mol. The van der Waals surface area contributed by atoms with E-state index in [4.69, 9.17) is 4.74 Å². The molecule has 1 atom stereocenters. The van der Waals surface area contributed by atoms with Crippen molar-refractivity contribution in [2.75, 3.05) is 20.2 Å². The number of carbonyl (C=O) groups excluding carboxylic acids is 1. The van der Waals surface area contributed by atoms with Gasteiger partial charge in [0.15, 0.2) is 11.0 Å². The highest BCUT2D eigenvalue weighted by Gasteiger charge is 2.29. The van der Waals surface area contributed by atoms with Crippen LogP contribution in [-0.2, 0) is 6.42 Å². The fourth-order valence-corrected chi connectivity index (χ4v) is 3.66. The second-order valence-corrected chi connectivity index (χ2v) is 6.19. The van der Waals surface area contributed by atoms with E-state index >= 15 is 0 Å². The van der Waals surface area contributed by atoms with Crippen molar-refractivity contribution in [3.63, 3.8) is 0 Å². The highest BCUT2D eigenvalue weighted by Crippen LogP contribution is 2.31. The molecule has 1 aliphatic heterocycles. The van der Waals surface area contributed by atoms with Crippen LogP contribution in [0.1, 0.15) is 28.8 Å². The molecule has 0 amide bonds. The number of amidine groups is 1. The topological polar surface area (TPSA) is 50.7 Å². The van der Waals surface area contributed by atoms with Gasteiger partial charge in [-0.15, -0.1) is 0 Å². The second-order valence-electron chi connectivity index (χ2n) is 5.00. The predicted molar refractivity (Wildman–Crippen MR) is 81.9 cm³/mol. The number of rotatable bonds is 2. The van der Waals surface area contributed by atoms with E-state index in [1.807, 2.05) is 18.2 Å². The number of Topliss-reactive ketones (excluding diaryl/α,β-unsaturated/α-hetero) is 1. The van der Waals surface area contributed by atoms with Crippen LogP contribution >= 0.6 is 11.8 Å². The molecule has 1 aliphatic carbocycles. The minimum absolute atomic E-state index is 0.0137. The fourth-order valence-electron chi connectivity index (χ4n) is 2.57. The summed E-state index contributed by atoms with van der Waals surface area (Å²) in [5, 5.41) is 4.18. The van der Waals surface area contributed by atoms with Crippen LogP contribution in [0.4, 0.5) is 0 Å². The van der Waals surface area contributed by atoms with Gasteiger partial charge >= 0.3 is 0 Å². The van der Waals surface area contributed by atoms with Gasteiger partial charge in [0.05, 0.1) is 12.4 Å². The number of aliphatic imine (C=N–C) groups is 1. The zero-order valence-corrected chi connectivity index (χ0v) is 12.3. The number of hydrogen-bond donors (Lipinski definition) is 1. The van der Waals surface area contributed by atoms with Crippen LogP contribution in [0.25, 0.3) is 0 Å². The third-order valence-corrected chi connectivity index (χ3v) is 4.90. The number of ketones is 1. The summed E-state index contributed by atoms with van der Waals surface area (Å²) in [4.78, 5) is 17.0. The molecule has 0 radical (unpaired) electrons. The molecule has 106 valence electrons. The number of fused-ring (bicyclic) bond motifs is 1. The molecule has 1 aromatic rings. The Hall–Kier alpha value is -1.49. The summed E-state index contributed by atoms with van der Waals surface area (Å²) < 4.78 is 5.22. The van der Waals surface area contributed by atoms with E-state index in [0.29, 0.717) is 0 Å². The highest BCUT2D eigenvalue weighted by molar-refractivity contribution is 8.14. The zero-order valence-electron chi connectivity index (χ0n) is 11.5. The molecule has 3 rings (SSSR count). The molecule has 0 saturated carbocycles. The van der Waals surface area contributed by atoms with Crippen LogP contribution in [-0.4, -0.2) is 36.4 Å². The Kier molecular flexibility index (Phi) is 3.96. The highest BCUT2D eigenvalue weighted by atomic mass is 32.2. The standard InChI is InChI=1S/C15H18N2O2S/c1-19-11-4-5-12-10(9-11)3-6-13(14(12)18)20-15-16-7-2-8-17-15/h4-5,9,13H,2-3,6-8H2,1H3,(H,16,17)/t13-/m1/s1. The van der Waals surface area contributed by atoms with Crippen molar-refractivity contribution in [1.29, 1.82) is 0 Å². The van der Waals surface area contributed by atoms with Gasteiger partial charge in [-0.2, -0.15) is 0 Å². The molecule has 5 heteroatoms. The van der Waals surface area contributed by atoms with Gasteiger partial charge in [0.2, 0.25) is 0 Å². The predicted octanol–water partition coefficient (Wildman–Crippen LogP) is 2.28. The summed E-state index contributed by atoms with van der Waals surface area (Å²) in [7, 11) is 1.65. The lowest BCUT2D eigenvalue weighted by atomic mass is 9.90. The van der Waals surface area contributed by atoms with Crippen molar-refractivity contribution in [2.45, 2.75) is 24.5 Å². The van der Waals surface area contributed by atoms with Gasteiger partial charge < -0.3 is 10.1 Å². The second kappa shape index (κ2) is 5.87. The number of aryl methyl sites for hydroxylation is 1. The number of nitrogens with zero attached hydrogens (tertiary/aromatic N) is 1. The van der Waals surface area contributed by atoms with Gasteiger partial charge in [-0.3, -0.25) is 9.79 Å². The van der Waals surface area contributed by atoms with Crippen molar-refractivity contribution in [1.82, 2.24) is 5.32 Å². The van der Waals surface area contributed by atoms with E-state index in [0.717, 1.165) is 54.4 Å². The molecule has 0 fully saturated rings. The fraction of sp³-hybridized carbons (Fsp3) is 0.467. The average Bonchev–Trinajstić information content (AvgIpc) is 2.51. The number of nitrogens with one attached hydrogen (secondary N) is 1. The molecular formula is C15H18N2O2S. The first kappa shape index (κ1) is 13.5. The molecule has 0 saturated heterocycles. The molecule has 2 aliphatic rings. The number of carbonyl (C=O) groups is 1. The van der Waals surface area contributed by atoms with Gasteiger partial charge in [0, 0.05) is 18.7 Å². The lowest BCUT2D eigenvalue weighted by Gasteiger charge is -2.24. The summed E-state index contributed by atoms with van der Waals surface area (Å²) >= 11 is 1.58. The zero-order chi connectivity index (χ0) is 13.9. The SMILES string of the molecule is COc1ccc2c(c1)CC[C@@H](SC1=NCCCN1)C2=O. The van der Waals surface area contributed by atoms with Crippen molar-refractivity contribution < 1.29 is 9.53 Å². The summed E-state index contributed by atoms with van der Waals surface area (Å²) in [6, 6.07) is 5.73. The quantitative estimate of drug-likeness (QED) is 0.908. The van der Waals surface area contributed by atoms with E-state index in [9.17, 15) is 4.79 Å². The molecular weight excluding hydrogens is 272 g/mol. The molecule has 0 spiro atoms. The third-order valence-electron chi connectivity index (χ3n) is 3.67. The van der Waals surface area contributed by atoms with Gasteiger partial charge in [-0.25, -0.2) is 0 Å². The maximum atomic E-state index is 12.5. The summed E-state index contributed by atoms with van der Waals surface area (Å²) in [6.07, 6.45) is 2.86. The van der Waals surface area contributed by atoms with Crippen molar-refractivity contribution in [2.24, 2.45) is 4.99 Å². The Labute approximate surface area is 123 Å². The Morgan fingerprint density at radius 3 is 3.10 bits per heavy atom. The van der Waals surface area contributed by atoms with E-state index < -0.39 is 0 Å². The molecule has 1 heterocycles. The maximum Gasteiger partial charge on any atom is 0.176 e. The molecule has 0 unspecified atom stereocenters. The molecule has 0 aromatic heterocycles. The molecule has 1 N–H and O–H groups in total. The number of thioether (sulfide) groups is 1. The van der Waals surface area contributed by atoms with Crippen LogP contribution in [0, 0.1) is 0 Å². The van der Waals surface area contributed by atoms with Crippen LogP contribution in [0.2, 0.25) is 0 Å². The summed E-state index contributed by atoms with van der Waals surface area (Å²) in [6.45, 7) is 1.82. The number of hydrogen-bond acceptors (Lipinski definition) is 5. The van der Waals surface area contributed by atoms with Crippen molar-refractivity contribution in [3.05, 3.63) is 29.3 Å². The lowest BCUT2D eigenvalue weighted by Crippen LogP contribution is -2.32. The Morgan fingerprint density at radius 2 is 2.35 bits per heavy atom. The minimum Gasteiger partial charge on any atom is -0.497 e. The first-order chi connectivity index (χ1) is 9.78. The first-order valence-electron chi connectivity index (χ1n) is 6.94. The smallest absolute Gasteiger partial charge is 0.176 e. The number of methoxy groups -OCH3 is 1. The van der Waals surface area contributed by atoms with E-state index in [1.165, 1.54) is 0 Å². The Balaban J connectivity index is 1.77. The van der Waals surface area contributed by atoms with Crippen LogP contribution < -0.4 is 10.1 Å². The largest absolute Gasteiger partial charge is 0.497 e.